The number of fused-ring (bicyclic) bond motifs is 2. The zero-order valence-electron chi connectivity index (χ0n) is 22.8. The number of nitrogens with one attached hydrogen (secondary N) is 1. The van der Waals surface area contributed by atoms with Crippen molar-refractivity contribution < 1.29 is 4.39 Å². The molecule has 0 spiro atoms. The Kier molecular flexibility index (Phi) is 6.43. The maximum Gasteiger partial charge on any atom is 0.266 e. The third-order valence-electron chi connectivity index (χ3n) is 8.04. The molecule has 41 heavy (non-hydrogen) atoms. The molecule has 2 aromatic carbocycles. The molecule has 0 aliphatic carbocycles. The number of halogens is 1. The van der Waals surface area contributed by atoms with Gasteiger partial charge in [-0.1, -0.05) is 6.07 Å². The summed E-state index contributed by atoms with van der Waals surface area (Å²) in [4.78, 5) is 17.4. The van der Waals surface area contributed by atoms with Gasteiger partial charge in [-0.15, -0.1) is 0 Å². The normalized spacial score (nSPS) is 14.3. The molecule has 0 bridgehead atoms. The van der Waals surface area contributed by atoms with E-state index in [0.717, 1.165) is 70.0 Å². The lowest BCUT2D eigenvalue weighted by Crippen LogP contribution is -2.29. The Labute approximate surface area is 236 Å². The summed E-state index contributed by atoms with van der Waals surface area (Å²) in [5.74, 6) is 0.264. The van der Waals surface area contributed by atoms with Gasteiger partial charge in [-0.25, -0.2) is 9.07 Å². The molecule has 0 saturated carbocycles. The number of hydrogen-bond acceptors (Lipinski definition) is 5. The number of hydrogen-bond donors (Lipinski definition) is 1. The number of aryl methyl sites for hydroxylation is 3. The summed E-state index contributed by atoms with van der Waals surface area (Å²) in [7, 11) is 0. The van der Waals surface area contributed by atoms with Gasteiger partial charge in [0, 0.05) is 53.1 Å². The molecule has 0 atom stereocenters. The molecule has 8 nitrogen and oxygen atoms in total. The van der Waals surface area contributed by atoms with E-state index >= 15 is 0 Å². The Morgan fingerprint density at radius 1 is 0.976 bits per heavy atom. The van der Waals surface area contributed by atoms with Crippen LogP contribution in [0.5, 0.6) is 0 Å². The van der Waals surface area contributed by atoms with Crippen LogP contribution in [0.4, 0.5) is 4.39 Å². The minimum absolute atomic E-state index is 0.177. The molecule has 7 rings (SSSR count). The SMILES string of the molecule is Cc1cn(-c2ccc(=O)n(CCc3ccc4ncc(-c5cnn(C6CCNCC6)c5)cc4c3)n2)c2cc(F)ccc12. The molecule has 5 heterocycles. The molecule has 9 heteroatoms. The molecule has 206 valence electrons. The smallest absolute Gasteiger partial charge is 0.266 e. The minimum atomic E-state index is -0.310. The predicted octanol–water partition coefficient (Wildman–Crippen LogP) is 5.21. The molecule has 0 unspecified atom stereocenters. The molecule has 4 aromatic heterocycles. The quantitative estimate of drug-likeness (QED) is 0.310. The van der Waals surface area contributed by atoms with Crippen molar-refractivity contribution in [1.82, 2.24) is 34.4 Å². The highest BCUT2D eigenvalue weighted by atomic mass is 19.1. The molecule has 1 saturated heterocycles. The third-order valence-corrected chi connectivity index (χ3v) is 8.04. The van der Waals surface area contributed by atoms with E-state index in [-0.39, 0.29) is 11.4 Å². The number of rotatable bonds is 6. The van der Waals surface area contributed by atoms with Crippen LogP contribution < -0.4 is 10.9 Å². The van der Waals surface area contributed by atoms with Gasteiger partial charge >= 0.3 is 0 Å². The molecular formula is C32H30FN7O. The van der Waals surface area contributed by atoms with Crippen LogP contribution in [0, 0.1) is 12.7 Å². The van der Waals surface area contributed by atoms with Crippen molar-refractivity contribution in [3.63, 3.8) is 0 Å². The first-order valence-corrected chi connectivity index (χ1v) is 14.0. The fourth-order valence-corrected chi connectivity index (χ4v) is 5.77. The van der Waals surface area contributed by atoms with Crippen molar-refractivity contribution >= 4 is 21.8 Å². The van der Waals surface area contributed by atoms with Crippen LogP contribution in [-0.2, 0) is 13.0 Å². The molecule has 0 amide bonds. The van der Waals surface area contributed by atoms with Crippen LogP contribution in [0.3, 0.4) is 0 Å². The molecular weight excluding hydrogens is 517 g/mol. The van der Waals surface area contributed by atoms with Gasteiger partial charge in [0.1, 0.15) is 5.82 Å². The van der Waals surface area contributed by atoms with Crippen LogP contribution in [-0.4, -0.2) is 42.2 Å². The topological polar surface area (TPSA) is 82.6 Å². The van der Waals surface area contributed by atoms with Crippen LogP contribution in [0.1, 0.15) is 30.0 Å². The van der Waals surface area contributed by atoms with Crippen molar-refractivity contribution in [3.8, 4) is 16.9 Å². The van der Waals surface area contributed by atoms with Gasteiger partial charge in [-0.2, -0.15) is 10.2 Å². The Balaban J connectivity index is 1.13. The van der Waals surface area contributed by atoms with Crippen LogP contribution in [0.2, 0.25) is 0 Å². The van der Waals surface area contributed by atoms with Gasteiger partial charge in [-0.3, -0.25) is 19.0 Å². The maximum atomic E-state index is 14.0. The van der Waals surface area contributed by atoms with E-state index in [0.29, 0.717) is 24.8 Å². The summed E-state index contributed by atoms with van der Waals surface area (Å²) in [6.45, 7) is 4.44. The Morgan fingerprint density at radius 3 is 2.73 bits per heavy atom. The maximum absolute atomic E-state index is 14.0. The van der Waals surface area contributed by atoms with Gasteiger partial charge in [0.05, 0.1) is 23.3 Å². The number of aromatic nitrogens is 6. The van der Waals surface area contributed by atoms with Crippen LogP contribution in [0.15, 0.2) is 84.2 Å². The minimum Gasteiger partial charge on any atom is -0.317 e. The number of nitrogens with zero attached hydrogens (tertiary/aromatic N) is 6. The molecule has 1 aliphatic rings. The monoisotopic (exact) mass is 547 g/mol. The lowest BCUT2D eigenvalue weighted by atomic mass is 10.0. The second-order valence-corrected chi connectivity index (χ2v) is 10.8. The fourth-order valence-electron chi connectivity index (χ4n) is 5.77. The van der Waals surface area contributed by atoms with E-state index in [9.17, 15) is 9.18 Å². The summed E-state index contributed by atoms with van der Waals surface area (Å²) in [5, 5.41) is 14.7. The van der Waals surface area contributed by atoms with E-state index < -0.39 is 0 Å². The molecule has 1 aliphatic heterocycles. The van der Waals surface area contributed by atoms with E-state index in [2.05, 4.69) is 43.5 Å². The van der Waals surface area contributed by atoms with Gasteiger partial charge in [0.15, 0.2) is 5.82 Å². The Hall–Kier alpha value is -4.63. The number of benzene rings is 2. The average molecular weight is 548 g/mol. The van der Waals surface area contributed by atoms with Crippen LogP contribution in [0.25, 0.3) is 38.8 Å². The zero-order valence-corrected chi connectivity index (χ0v) is 22.8. The summed E-state index contributed by atoms with van der Waals surface area (Å²) in [6, 6.07) is 16.7. The van der Waals surface area contributed by atoms with Crippen LogP contribution >= 0.6 is 0 Å². The lowest BCUT2D eigenvalue weighted by molar-refractivity contribution is 0.343. The van der Waals surface area contributed by atoms with Gasteiger partial charge < -0.3 is 5.32 Å². The van der Waals surface area contributed by atoms with Crippen molar-refractivity contribution in [1.29, 1.82) is 0 Å². The highest BCUT2D eigenvalue weighted by Gasteiger charge is 2.16. The summed E-state index contributed by atoms with van der Waals surface area (Å²) < 4.78 is 19.4. The highest BCUT2D eigenvalue weighted by Crippen LogP contribution is 2.27. The predicted molar refractivity (Wildman–Crippen MR) is 158 cm³/mol. The zero-order chi connectivity index (χ0) is 27.9. The second kappa shape index (κ2) is 10.4. The largest absolute Gasteiger partial charge is 0.317 e. The molecule has 1 N–H and O–H groups in total. The Morgan fingerprint density at radius 2 is 1.85 bits per heavy atom. The lowest BCUT2D eigenvalue weighted by Gasteiger charge is -2.22. The molecule has 0 radical (unpaired) electrons. The Bertz CT molecular complexity index is 1950. The highest BCUT2D eigenvalue weighted by molar-refractivity contribution is 5.85. The number of piperidine rings is 1. The van der Waals surface area contributed by atoms with Crippen molar-refractivity contribution in [2.24, 2.45) is 0 Å². The van der Waals surface area contributed by atoms with Gasteiger partial charge in [-0.05, 0) is 92.9 Å². The van der Waals surface area contributed by atoms with E-state index in [1.807, 2.05) is 42.2 Å². The summed E-state index contributed by atoms with van der Waals surface area (Å²) in [5.41, 5.74) is 5.66. The van der Waals surface area contributed by atoms with Gasteiger partial charge in [0.2, 0.25) is 0 Å². The standard InChI is InChI=1S/C32H30FN7O/c1-21-19-38(30-16-26(33)3-4-28(21)30)31-6-7-32(41)39(37-31)13-10-22-2-5-29-23(14-22)15-24(17-35-29)25-18-36-40(20-25)27-8-11-34-12-9-27/h2-7,14-20,27,34H,8-13H2,1H3. The average Bonchev–Trinajstić information content (AvgIpc) is 3.62. The first-order valence-electron chi connectivity index (χ1n) is 14.0. The second-order valence-electron chi connectivity index (χ2n) is 10.8. The van der Waals surface area contributed by atoms with Crippen molar-refractivity contribution in [2.75, 3.05) is 13.1 Å². The van der Waals surface area contributed by atoms with E-state index in [1.165, 1.54) is 22.9 Å². The summed E-state index contributed by atoms with van der Waals surface area (Å²) >= 11 is 0. The summed E-state index contributed by atoms with van der Waals surface area (Å²) in [6.07, 6.45) is 10.7. The molecule has 6 aromatic rings. The van der Waals surface area contributed by atoms with Gasteiger partial charge in [0.25, 0.3) is 5.56 Å². The third kappa shape index (κ3) is 4.93. The first kappa shape index (κ1) is 25.3. The van der Waals surface area contributed by atoms with E-state index in [4.69, 9.17) is 0 Å². The number of pyridine rings is 1. The first-order chi connectivity index (χ1) is 20.0. The van der Waals surface area contributed by atoms with Crippen molar-refractivity contribution in [3.05, 3.63) is 107 Å². The fraction of sp³-hybridized carbons (Fsp3) is 0.250. The molecule has 1 fully saturated rings. The van der Waals surface area contributed by atoms with E-state index in [1.54, 1.807) is 12.1 Å². The van der Waals surface area contributed by atoms with Crippen molar-refractivity contribution in [2.45, 2.75) is 38.8 Å².